The van der Waals surface area contributed by atoms with Gasteiger partial charge in [-0.2, -0.15) is 0 Å². The zero-order valence-electron chi connectivity index (χ0n) is 12.3. The van der Waals surface area contributed by atoms with Gasteiger partial charge < -0.3 is 10.1 Å². The Hall–Kier alpha value is -1.65. The molecule has 0 radical (unpaired) electrons. The van der Waals surface area contributed by atoms with Crippen molar-refractivity contribution < 1.29 is 26.4 Å². The number of hydrogen-bond donors (Lipinski definition) is 2. The fourth-order valence-corrected chi connectivity index (χ4v) is 5.61. The van der Waals surface area contributed by atoms with Crippen LogP contribution in [-0.4, -0.2) is 46.4 Å². The molecule has 0 saturated carbocycles. The Morgan fingerprint density at radius 1 is 1.35 bits per heavy atom. The largest absolute Gasteiger partial charge is 0.479 e. The van der Waals surface area contributed by atoms with Gasteiger partial charge in [0.15, 0.2) is 15.9 Å². The highest BCUT2D eigenvalue weighted by molar-refractivity contribution is 7.92. The first-order valence-corrected chi connectivity index (χ1v) is 10.3. The summed E-state index contributed by atoms with van der Waals surface area (Å²) in [5, 5.41) is 2.58. The van der Waals surface area contributed by atoms with E-state index in [1.165, 1.54) is 18.2 Å². The summed E-state index contributed by atoms with van der Waals surface area (Å²) in [5.41, 5.74) is 0.273. The summed E-state index contributed by atoms with van der Waals surface area (Å²) >= 11 is 0. The Morgan fingerprint density at radius 3 is 2.74 bits per heavy atom. The molecule has 1 saturated heterocycles. The van der Waals surface area contributed by atoms with Crippen molar-refractivity contribution in [3.63, 3.8) is 0 Å². The third-order valence-corrected chi connectivity index (χ3v) is 7.03. The van der Waals surface area contributed by atoms with Gasteiger partial charge in [0.05, 0.1) is 22.1 Å². The van der Waals surface area contributed by atoms with Crippen LogP contribution in [0.3, 0.4) is 0 Å². The molecule has 2 atom stereocenters. The van der Waals surface area contributed by atoms with Crippen LogP contribution in [0.4, 0.5) is 5.69 Å². The maximum absolute atomic E-state index is 12.4. The minimum Gasteiger partial charge on any atom is -0.479 e. The van der Waals surface area contributed by atoms with E-state index < -0.39 is 32.0 Å². The topological polar surface area (TPSA) is 119 Å². The summed E-state index contributed by atoms with van der Waals surface area (Å²) < 4.78 is 55.3. The lowest BCUT2D eigenvalue weighted by Crippen LogP contribution is -2.36. The van der Waals surface area contributed by atoms with Crippen LogP contribution in [0.1, 0.15) is 13.3 Å². The molecular formula is C13H16N2O6S2. The molecule has 8 nitrogen and oxygen atoms in total. The molecule has 126 valence electrons. The van der Waals surface area contributed by atoms with E-state index in [1.54, 1.807) is 6.92 Å². The molecule has 10 heteroatoms. The number of ether oxygens (including phenoxy) is 1. The standard InChI is InChI=1S/C13H16N2O6S2/c1-8-13(16)14-11-6-10(2-3-12(11)21-8)23(19,20)15-9-4-5-22(17,18)7-9/h2-3,6,8-9,15H,4-5,7H2,1H3,(H,14,16). The molecule has 23 heavy (non-hydrogen) atoms. The molecule has 0 spiro atoms. The molecule has 2 aliphatic heterocycles. The van der Waals surface area contributed by atoms with E-state index in [1.807, 2.05) is 0 Å². The predicted molar refractivity (Wildman–Crippen MR) is 82.5 cm³/mol. The average Bonchev–Trinajstić information content (AvgIpc) is 2.78. The maximum atomic E-state index is 12.4. The molecule has 1 aromatic rings. The molecule has 1 aromatic carbocycles. The highest BCUT2D eigenvalue weighted by Crippen LogP contribution is 2.32. The number of amides is 1. The Morgan fingerprint density at radius 2 is 2.09 bits per heavy atom. The smallest absolute Gasteiger partial charge is 0.265 e. The van der Waals surface area contributed by atoms with Crippen LogP contribution >= 0.6 is 0 Å². The van der Waals surface area contributed by atoms with Gasteiger partial charge in [-0.3, -0.25) is 4.79 Å². The van der Waals surface area contributed by atoms with Gasteiger partial charge in [0.25, 0.3) is 5.91 Å². The van der Waals surface area contributed by atoms with Crippen molar-refractivity contribution in [3.05, 3.63) is 18.2 Å². The first-order valence-electron chi connectivity index (χ1n) is 7.01. The molecule has 0 aliphatic carbocycles. The summed E-state index contributed by atoms with van der Waals surface area (Å²) in [6.07, 6.45) is -0.393. The third-order valence-electron chi connectivity index (χ3n) is 3.75. The number of carbonyl (C=O) groups is 1. The molecule has 2 aliphatic rings. The highest BCUT2D eigenvalue weighted by atomic mass is 32.2. The van der Waals surface area contributed by atoms with E-state index in [0.717, 1.165) is 0 Å². The molecule has 0 aromatic heterocycles. The van der Waals surface area contributed by atoms with Crippen molar-refractivity contribution in [2.45, 2.75) is 30.4 Å². The van der Waals surface area contributed by atoms with Crippen LogP contribution in [0.5, 0.6) is 5.75 Å². The average molecular weight is 360 g/mol. The van der Waals surface area contributed by atoms with Gasteiger partial charge in [-0.15, -0.1) is 0 Å². The van der Waals surface area contributed by atoms with Crippen LogP contribution in [0, 0.1) is 0 Å². The molecule has 0 bridgehead atoms. The predicted octanol–water partition coefficient (Wildman–Crippen LogP) is -0.129. The molecular weight excluding hydrogens is 344 g/mol. The van der Waals surface area contributed by atoms with E-state index >= 15 is 0 Å². The maximum Gasteiger partial charge on any atom is 0.265 e. The van der Waals surface area contributed by atoms with Gasteiger partial charge in [-0.05, 0) is 31.5 Å². The Kier molecular flexibility index (Phi) is 3.85. The number of sulfonamides is 1. The summed E-state index contributed by atoms with van der Waals surface area (Å²) in [6, 6.07) is 3.48. The summed E-state index contributed by atoms with van der Waals surface area (Å²) in [5.74, 6) is -0.192. The number of fused-ring (bicyclic) bond motifs is 1. The fraction of sp³-hybridized carbons (Fsp3) is 0.462. The summed E-state index contributed by atoms with van der Waals surface area (Å²) in [6.45, 7) is 1.59. The van der Waals surface area contributed by atoms with Crippen molar-refractivity contribution in [1.82, 2.24) is 4.72 Å². The van der Waals surface area contributed by atoms with E-state index in [2.05, 4.69) is 10.0 Å². The van der Waals surface area contributed by atoms with Crippen molar-refractivity contribution in [1.29, 1.82) is 0 Å². The minimum absolute atomic E-state index is 0.0217. The molecule has 1 fully saturated rings. The van der Waals surface area contributed by atoms with E-state index in [0.29, 0.717) is 5.75 Å². The zero-order valence-corrected chi connectivity index (χ0v) is 13.9. The second-order valence-electron chi connectivity index (χ2n) is 5.63. The monoisotopic (exact) mass is 360 g/mol. The number of sulfone groups is 1. The highest BCUT2D eigenvalue weighted by Gasteiger charge is 2.32. The Labute approximate surface area is 134 Å². The zero-order chi connectivity index (χ0) is 16.8. The summed E-state index contributed by atoms with van der Waals surface area (Å²) in [7, 11) is -7.06. The van der Waals surface area contributed by atoms with Crippen molar-refractivity contribution in [2.24, 2.45) is 0 Å². The molecule has 2 N–H and O–H groups in total. The molecule has 2 heterocycles. The van der Waals surface area contributed by atoms with Gasteiger partial charge in [0.2, 0.25) is 10.0 Å². The lowest BCUT2D eigenvalue weighted by molar-refractivity contribution is -0.122. The van der Waals surface area contributed by atoms with Crippen LogP contribution in [0.2, 0.25) is 0 Å². The first kappa shape index (κ1) is 16.2. The molecule has 1 amide bonds. The van der Waals surface area contributed by atoms with Gasteiger partial charge in [0, 0.05) is 6.04 Å². The SMILES string of the molecule is CC1Oc2ccc(S(=O)(=O)NC3CCS(=O)(=O)C3)cc2NC1=O. The summed E-state index contributed by atoms with van der Waals surface area (Å²) in [4.78, 5) is 11.5. The fourth-order valence-electron chi connectivity index (χ4n) is 2.53. The van der Waals surface area contributed by atoms with E-state index in [9.17, 15) is 21.6 Å². The Bertz CT molecular complexity index is 862. The van der Waals surface area contributed by atoms with Gasteiger partial charge in [-0.1, -0.05) is 0 Å². The van der Waals surface area contributed by atoms with Gasteiger partial charge >= 0.3 is 0 Å². The van der Waals surface area contributed by atoms with Crippen LogP contribution in [-0.2, 0) is 24.7 Å². The van der Waals surface area contributed by atoms with Crippen molar-refractivity contribution in [3.8, 4) is 5.75 Å². The number of anilines is 1. The van der Waals surface area contributed by atoms with Crippen LogP contribution < -0.4 is 14.8 Å². The van der Waals surface area contributed by atoms with Crippen LogP contribution in [0.25, 0.3) is 0 Å². The lowest BCUT2D eigenvalue weighted by atomic mass is 10.2. The lowest BCUT2D eigenvalue weighted by Gasteiger charge is -2.23. The van der Waals surface area contributed by atoms with Crippen molar-refractivity contribution >= 4 is 31.5 Å². The number of benzene rings is 1. The number of hydrogen-bond acceptors (Lipinski definition) is 6. The van der Waals surface area contributed by atoms with Gasteiger partial charge in [0.1, 0.15) is 5.75 Å². The first-order chi connectivity index (χ1) is 10.7. The third kappa shape index (κ3) is 3.33. The normalized spacial score (nSPS) is 26.2. The minimum atomic E-state index is -3.88. The second-order valence-corrected chi connectivity index (χ2v) is 9.57. The molecule has 2 unspecified atom stereocenters. The quantitative estimate of drug-likeness (QED) is 0.775. The number of carbonyl (C=O) groups excluding carboxylic acids is 1. The molecule has 3 rings (SSSR count). The van der Waals surface area contributed by atoms with Gasteiger partial charge in [-0.25, -0.2) is 21.6 Å². The number of nitrogens with one attached hydrogen (secondary N) is 2. The Balaban J connectivity index is 1.84. The number of rotatable bonds is 3. The van der Waals surface area contributed by atoms with Crippen molar-refractivity contribution in [2.75, 3.05) is 16.8 Å². The van der Waals surface area contributed by atoms with Crippen LogP contribution in [0.15, 0.2) is 23.1 Å². The second kappa shape index (κ2) is 5.46. The van der Waals surface area contributed by atoms with E-state index in [4.69, 9.17) is 4.74 Å². The van der Waals surface area contributed by atoms with E-state index in [-0.39, 0.29) is 34.4 Å².